The highest BCUT2D eigenvalue weighted by Gasteiger charge is 2.21. The number of hydrogen-bond donors (Lipinski definition) is 1. The monoisotopic (exact) mass is 319 g/mol. The van der Waals surface area contributed by atoms with Crippen LogP contribution in [0, 0.1) is 5.41 Å². The normalized spacial score (nSPS) is 15.3. The predicted molar refractivity (Wildman–Crippen MR) is 102 cm³/mol. The van der Waals surface area contributed by atoms with Crippen LogP contribution in [0.5, 0.6) is 0 Å². The van der Waals surface area contributed by atoms with Gasteiger partial charge >= 0.3 is 0 Å². The summed E-state index contributed by atoms with van der Waals surface area (Å²) in [7, 11) is 0. The summed E-state index contributed by atoms with van der Waals surface area (Å²) in [5.74, 6) is 0.286. The summed E-state index contributed by atoms with van der Waals surface area (Å²) in [6.07, 6.45) is 1.63. The van der Waals surface area contributed by atoms with Crippen LogP contribution in [0.15, 0.2) is 64.7 Å². The molecule has 0 amide bonds. The molecule has 5 heteroatoms. The maximum Gasteiger partial charge on any atom is 0.174 e. The van der Waals surface area contributed by atoms with E-state index in [0.29, 0.717) is 5.71 Å². The van der Waals surface area contributed by atoms with Crippen molar-refractivity contribution in [3.05, 3.63) is 54.6 Å². The molecule has 0 bridgehead atoms. The molecule has 0 radical (unpaired) electrons. The molecule has 2 aromatic carbocycles. The minimum absolute atomic E-state index is 0.286. The Labute approximate surface area is 142 Å². The van der Waals surface area contributed by atoms with Gasteiger partial charge in [-0.15, -0.1) is 0 Å². The molecule has 0 aliphatic carbocycles. The number of hydrazone groups is 1. The minimum atomic E-state index is 0.286. The number of benzene rings is 2. The maximum absolute atomic E-state index is 8.28. The molecule has 2 aromatic rings. The molecule has 0 unspecified atom stereocenters. The first-order chi connectivity index (χ1) is 11.7. The molecule has 1 N–H and O–H groups in total. The summed E-state index contributed by atoms with van der Waals surface area (Å²) in [4.78, 5) is 6.83. The summed E-state index contributed by atoms with van der Waals surface area (Å²) in [6, 6.07) is 17.7. The standard InChI is InChI=1S/C19H21N5/c1-3-23(4-2)16-12-10-15(11-13-16)22-18-14-21-24(19(18)20)17-8-6-5-7-9-17/h5-14,20H,3-4H2,1-2H3. The fourth-order valence-corrected chi connectivity index (χ4v) is 2.65. The second kappa shape index (κ2) is 7.08. The molecule has 122 valence electrons. The lowest BCUT2D eigenvalue weighted by molar-refractivity contribution is 0.866. The Balaban J connectivity index is 1.78. The molecule has 0 saturated heterocycles. The van der Waals surface area contributed by atoms with E-state index in [-0.39, 0.29) is 5.84 Å². The molecule has 0 atom stereocenters. The minimum Gasteiger partial charge on any atom is -0.372 e. The Morgan fingerprint density at radius 3 is 2.29 bits per heavy atom. The molecular weight excluding hydrogens is 298 g/mol. The number of nitrogens with one attached hydrogen (secondary N) is 1. The van der Waals surface area contributed by atoms with E-state index in [1.54, 1.807) is 11.2 Å². The van der Waals surface area contributed by atoms with E-state index in [2.05, 4.69) is 41.0 Å². The number of aliphatic imine (C=N–C) groups is 1. The molecule has 5 nitrogen and oxygen atoms in total. The van der Waals surface area contributed by atoms with Gasteiger partial charge in [-0.2, -0.15) is 5.10 Å². The van der Waals surface area contributed by atoms with Crippen LogP contribution >= 0.6 is 0 Å². The van der Waals surface area contributed by atoms with E-state index in [1.807, 2.05) is 42.5 Å². The van der Waals surface area contributed by atoms with Crippen molar-refractivity contribution in [2.45, 2.75) is 13.8 Å². The van der Waals surface area contributed by atoms with Gasteiger partial charge in [-0.05, 0) is 50.2 Å². The molecular formula is C19H21N5. The van der Waals surface area contributed by atoms with Crippen LogP contribution in [0.4, 0.5) is 17.1 Å². The summed E-state index contributed by atoms with van der Waals surface area (Å²) in [6.45, 7) is 6.25. The second-order valence-corrected chi connectivity index (χ2v) is 5.43. The number of rotatable bonds is 5. The van der Waals surface area contributed by atoms with Crippen molar-refractivity contribution in [3.63, 3.8) is 0 Å². The van der Waals surface area contributed by atoms with E-state index in [4.69, 9.17) is 5.41 Å². The first kappa shape index (κ1) is 15.9. The highest BCUT2D eigenvalue weighted by molar-refractivity contribution is 6.67. The summed E-state index contributed by atoms with van der Waals surface area (Å²) in [5, 5.41) is 14.1. The van der Waals surface area contributed by atoms with Crippen molar-refractivity contribution >= 4 is 34.8 Å². The predicted octanol–water partition coefficient (Wildman–Crippen LogP) is 4.09. The number of hydrogen-bond acceptors (Lipinski definition) is 4. The molecule has 1 aliphatic heterocycles. The van der Waals surface area contributed by atoms with E-state index in [9.17, 15) is 0 Å². The summed E-state index contributed by atoms with van der Waals surface area (Å²) < 4.78 is 0. The van der Waals surface area contributed by atoms with Gasteiger partial charge in [-0.1, -0.05) is 18.2 Å². The Bertz CT molecular complexity index is 758. The van der Waals surface area contributed by atoms with E-state index < -0.39 is 0 Å². The van der Waals surface area contributed by atoms with Gasteiger partial charge in [0.05, 0.1) is 17.6 Å². The zero-order chi connectivity index (χ0) is 16.9. The molecule has 0 spiro atoms. The van der Waals surface area contributed by atoms with Gasteiger partial charge in [-0.25, -0.2) is 10.0 Å². The first-order valence-electron chi connectivity index (χ1n) is 8.14. The summed E-state index contributed by atoms with van der Waals surface area (Å²) >= 11 is 0. The number of amidine groups is 1. The van der Waals surface area contributed by atoms with Crippen LogP contribution < -0.4 is 9.91 Å². The van der Waals surface area contributed by atoms with E-state index in [1.165, 1.54) is 5.69 Å². The number of para-hydroxylation sites is 1. The van der Waals surface area contributed by atoms with Crippen molar-refractivity contribution in [1.82, 2.24) is 0 Å². The van der Waals surface area contributed by atoms with Crippen LogP contribution in [0.1, 0.15) is 13.8 Å². The Morgan fingerprint density at radius 2 is 1.67 bits per heavy atom. The van der Waals surface area contributed by atoms with Crippen molar-refractivity contribution in [1.29, 1.82) is 5.41 Å². The lowest BCUT2D eigenvalue weighted by Crippen LogP contribution is -2.25. The second-order valence-electron chi connectivity index (χ2n) is 5.43. The summed E-state index contributed by atoms with van der Waals surface area (Å²) in [5.41, 5.74) is 3.44. The molecule has 1 heterocycles. The van der Waals surface area contributed by atoms with Crippen LogP contribution in [0.25, 0.3) is 0 Å². The molecule has 0 saturated carbocycles. The largest absolute Gasteiger partial charge is 0.372 e. The van der Waals surface area contributed by atoms with Gasteiger partial charge in [0.25, 0.3) is 0 Å². The van der Waals surface area contributed by atoms with E-state index in [0.717, 1.165) is 24.5 Å². The van der Waals surface area contributed by atoms with Crippen molar-refractivity contribution in [2.24, 2.45) is 10.1 Å². The molecule has 24 heavy (non-hydrogen) atoms. The molecule has 1 aliphatic rings. The van der Waals surface area contributed by atoms with Gasteiger partial charge in [0.15, 0.2) is 5.84 Å². The molecule has 0 fully saturated rings. The third kappa shape index (κ3) is 3.20. The fraction of sp³-hybridized carbons (Fsp3) is 0.211. The van der Waals surface area contributed by atoms with Crippen LogP contribution in [0.2, 0.25) is 0 Å². The molecule has 3 rings (SSSR count). The van der Waals surface area contributed by atoms with Gasteiger partial charge in [0.2, 0.25) is 0 Å². The highest BCUT2D eigenvalue weighted by Crippen LogP contribution is 2.22. The smallest absolute Gasteiger partial charge is 0.174 e. The lowest BCUT2D eigenvalue weighted by Gasteiger charge is -2.20. The van der Waals surface area contributed by atoms with Crippen LogP contribution in [-0.2, 0) is 0 Å². The zero-order valence-electron chi connectivity index (χ0n) is 14.0. The van der Waals surface area contributed by atoms with Crippen LogP contribution in [0.3, 0.4) is 0 Å². The van der Waals surface area contributed by atoms with Crippen LogP contribution in [-0.4, -0.2) is 30.9 Å². The topological polar surface area (TPSA) is 55.1 Å². The average molecular weight is 319 g/mol. The number of anilines is 2. The third-order valence-electron chi connectivity index (χ3n) is 3.98. The maximum atomic E-state index is 8.28. The number of nitrogens with zero attached hydrogens (tertiary/aromatic N) is 4. The van der Waals surface area contributed by atoms with Gasteiger partial charge in [-0.3, -0.25) is 5.41 Å². The molecule has 0 aromatic heterocycles. The Morgan fingerprint density at radius 1 is 1.00 bits per heavy atom. The van der Waals surface area contributed by atoms with Gasteiger partial charge in [0.1, 0.15) is 5.71 Å². The SMILES string of the molecule is CCN(CC)c1ccc(N=C2C=NN(c3ccccc3)C2=N)cc1. The van der Waals surface area contributed by atoms with Gasteiger partial charge < -0.3 is 4.90 Å². The zero-order valence-corrected chi connectivity index (χ0v) is 14.0. The Kier molecular flexibility index (Phi) is 4.70. The fourth-order valence-electron chi connectivity index (χ4n) is 2.65. The average Bonchev–Trinajstić information content (AvgIpc) is 2.99. The van der Waals surface area contributed by atoms with Crippen molar-refractivity contribution in [3.8, 4) is 0 Å². The van der Waals surface area contributed by atoms with E-state index >= 15 is 0 Å². The first-order valence-corrected chi connectivity index (χ1v) is 8.14. The van der Waals surface area contributed by atoms with Crippen molar-refractivity contribution in [2.75, 3.05) is 23.0 Å². The quantitative estimate of drug-likeness (QED) is 0.902. The highest BCUT2D eigenvalue weighted by atomic mass is 15.5. The lowest BCUT2D eigenvalue weighted by atomic mass is 10.2. The Hall–Kier alpha value is -2.95. The third-order valence-corrected chi connectivity index (χ3v) is 3.98. The van der Waals surface area contributed by atoms with Gasteiger partial charge in [0, 0.05) is 18.8 Å². The van der Waals surface area contributed by atoms with Crippen molar-refractivity contribution < 1.29 is 0 Å².